The third kappa shape index (κ3) is 2.72. The number of nitrogens with two attached hydrogens (primary N) is 1. The highest BCUT2D eigenvalue weighted by atomic mass is 16.6. The molecule has 1 aromatic heterocycles. The summed E-state index contributed by atoms with van der Waals surface area (Å²) in [5, 5.41) is 22.6. The number of nitrogens with one attached hydrogen (secondary N) is 1. The Bertz CT molecular complexity index is 497. The van der Waals surface area contributed by atoms with Crippen molar-refractivity contribution < 1.29 is 15.1 Å². The summed E-state index contributed by atoms with van der Waals surface area (Å²) in [6.45, 7) is 1.25. The van der Waals surface area contributed by atoms with E-state index < -0.39 is 4.92 Å². The van der Waals surface area contributed by atoms with Crippen LogP contribution in [0.5, 0.6) is 0 Å². The smallest absolute Gasteiger partial charge is 0.357 e. The minimum atomic E-state index is -0.401. The lowest BCUT2D eigenvalue weighted by molar-refractivity contribution is -0.411. The number of amidine groups is 1. The number of H-pyrrole nitrogens is 1. The first-order valence-corrected chi connectivity index (χ1v) is 6.01. The summed E-state index contributed by atoms with van der Waals surface area (Å²) in [6, 6.07) is 3.08. The van der Waals surface area contributed by atoms with E-state index in [9.17, 15) is 10.1 Å². The van der Waals surface area contributed by atoms with Crippen LogP contribution < -0.4 is 15.6 Å². The lowest BCUT2D eigenvalue weighted by Crippen LogP contribution is -2.41. The summed E-state index contributed by atoms with van der Waals surface area (Å²) >= 11 is 0. The van der Waals surface area contributed by atoms with Crippen molar-refractivity contribution in [1.82, 2.24) is 0 Å². The van der Waals surface area contributed by atoms with Crippen LogP contribution in [0.4, 0.5) is 11.5 Å². The maximum absolute atomic E-state index is 11.0. The zero-order valence-corrected chi connectivity index (χ0v) is 10.3. The van der Waals surface area contributed by atoms with Crippen molar-refractivity contribution in [2.75, 3.05) is 18.0 Å². The Kier molecular flexibility index (Phi) is 3.79. The highest BCUT2D eigenvalue weighted by Crippen LogP contribution is 2.26. The molecule has 0 amide bonds. The van der Waals surface area contributed by atoms with Gasteiger partial charge in [-0.15, -0.1) is 0 Å². The van der Waals surface area contributed by atoms with Crippen LogP contribution in [-0.4, -0.2) is 29.1 Å². The number of piperidine rings is 1. The fraction of sp³-hybridized carbons (Fsp3) is 0.455. The molecule has 0 aromatic carbocycles. The zero-order chi connectivity index (χ0) is 13.8. The lowest BCUT2D eigenvalue weighted by Gasteiger charge is -2.26. The van der Waals surface area contributed by atoms with Crippen molar-refractivity contribution in [1.29, 1.82) is 0 Å². The van der Waals surface area contributed by atoms with E-state index in [1.807, 2.05) is 4.90 Å². The van der Waals surface area contributed by atoms with Crippen molar-refractivity contribution in [3.63, 3.8) is 0 Å². The summed E-state index contributed by atoms with van der Waals surface area (Å²) < 4.78 is 0. The molecule has 1 fully saturated rings. The SMILES string of the molecule is N/C(=N/O)C1CCN(c2[nH+]cccc2[N+](=O)[O-])CC1. The average molecular weight is 266 g/mol. The quantitative estimate of drug-likeness (QED) is 0.269. The molecule has 0 spiro atoms. The van der Waals surface area contributed by atoms with Crippen molar-refractivity contribution in [2.45, 2.75) is 12.8 Å². The number of anilines is 1. The summed E-state index contributed by atoms with van der Waals surface area (Å²) in [5.74, 6) is 0.765. The van der Waals surface area contributed by atoms with Gasteiger partial charge >= 0.3 is 11.5 Å². The van der Waals surface area contributed by atoms with Gasteiger partial charge < -0.3 is 10.9 Å². The summed E-state index contributed by atoms with van der Waals surface area (Å²) in [6.07, 6.45) is 3.07. The molecule has 0 bridgehead atoms. The Morgan fingerprint density at radius 1 is 1.58 bits per heavy atom. The molecule has 2 heterocycles. The van der Waals surface area contributed by atoms with E-state index in [1.165, 1.54) is 6.07 Å². The van der Waals surface area contributed by atoms with Gasteiger partial charge in [0, 0.05) is 12.0 Å². The molecule has 19 heavy (non-hydrogen) atoms. The highest BCUT2D eigenvalue weighted by Gasteiger charge is 2.32. The van der Waals surface area contributed by atoms with Gasteiger partial charge in [0.15, 0.2) is 0 Å². The third-order valence-electron chi connectivity index (χ3n) is 3.35. The molecule has 1 aromatic rings. The number of nitrogens with zero attached hydrogens (tertiary/aromatic N) is 3. The molecule has 0 unspecified atom stereocenters. The number of pyridine rings is 1. The van der Waals surface area contributed by atoms with Gasteiger partial charge in [-0.05, 0) is 18.9 Å². The van der Waals surface area contributed by atoms with Crippen LogP contribution in [0.15, 0.2) is 23.5 Å². The van der Waals surface area contributed by atoms with E-state index >= 15 is 0 Å². The van der Waals surface area contributed by atoms with Gasteiger partial charge in [-0.3, -0.25) is 15.0 Å². The second-order valence-corrected chi connectivity index (χ2v) is 4.45. The van der Waals surface area contributed by atoms with Gasteiger partial charge in [0.25, 0.3) is 0 Å². The number of nitro groups is 1. The summed E-state index contributed by atoms with van der Waals surface area (Å²) in [7, 11) is 0. The molecular weight excluding hydrogens is 250 g/mol. The molecule has 102 valence electrons. The van der Waals surface area contributed by atoms with Gasteiger partial charge in [-0.25, -0.2) is 4.98 Å². The van der Waals surface area contributed by atoms with Gasteiger partial charge in [0.05, 0.1) is 24.2 Å². The molecule has 1 aliphatic heterocycles. The van der Waals surface area contributed by atoms with E-state index in [1.54, 1.807) is 12.3 Å². The number of rotatable bonds is 3. The minimum absolute atomic E-state index is 0.0315. The third-order valence-corrected chi connectivity index (χ3v) is 3.35. The molecule has 8 heteroatoms. The van der Waals surface area contributed by atoms with E-state index in [0.29, 0.717) is 31.7 Å². The summed E-state index contributed by atoms with van der Waals surface area (Å²) in [4.78, 5) is 15.4. The topological polar surface area (TPSA) is 119 Å². The maximum Gasteiger partial charge on any atom is 0.357 e. The molecule has 2 rings (SSSR count). The monoisotopic (exact) mass is 266 g/mol. The van der Waals surface area contributed by atoms with Crippen LogP contribution in [0.1, 0.15) is 12.8 Å². The van der Waals surface area contributed by atoms with Gasteiger partial charge in [0.1, 0.15) is 5.84 Å². The van der Waals surface area contributed by atoms with Crippen LogP contribution >= 0.6 is 0 Å². The first kappa shape index (κ1) is 13.1. The van der Waals surface area contributed by atoms with Crippen LogP contribution in [0, 0.1) is 16.0 Å². The molecule has 4 N–H and O–H groups in total. The van der Waals surface area contributed by atoms with Crippen LogP contribution in [0.3, 0.4) is 0 Å². The lowest BCUT2D eigenvalue weighted by atomic mass is 9.96. The predicted molar refractivity (Wildman–Crippen MR) is 68.0 cm³/mol. The molecular formula is C11H16N5O3+. The Hall–Kier alpha value is -2.38. The van der Waals surface area contributed by atoms with Gasteiger partial charge in [-0.2, -0.15) is 0 Å². The van der Waals surface area contributed by atoms with Crippen molar-refractivity contribution in [3.05, 3.63) is 28.4 Å². The van der Waals surface area contributed by atoms with Crippen molar-refractivity contribution in [3.8, 4) is 0 Å². The largest absolute Gasteiger partial charge is 0.409 e. The van der Waals surface area contributed by atoms with E-state index in [2.05, 4.69) is 10.1 Å². The summed E-state index contributed by atoms with van der Waals surface area (Å²) in [5.41, 5.74) is 5.64. The van der Waals surface area contributed by atoms with Gasteiger partial charge in [-0.1, -0.05) is 5.16 Å². The maximum atomic E-state index is 11.0. The van der Waals surface area contributed by atoms with Crippen LogP contribution in [0.2, 0.25) is 0 Å². The predicted octanol–water partition coefficient (Wildman–Crippen LogP) is 0.372. The molecule has 1 aliphatic rings. The Morgan fingerprint density at radius 3 is 2.84 bits per heavy atom. The second-order valence-electron chi connectivity index (χ2n) is 4.45. The van der Waals surface area contributed by atoms with E-state index in [4.69, 9.17) is 10.9 Å². The normalized spacial score (nSPS) is 17.5. The molecule has 0 saturated carbocycles. The zero-order valence-electron chi connectivity index (χ0n) is 10.3. The van der Waals surface area contributed by atoms with Crippen LogP contribution in [0.25, 0.3) is 0 Å². The fourth-order valence-electron chi connectivity index (χ4n) is 2.30. The van der Waals surface area contributed by atoms with Crippen LogP contribution in [-0.2, 0) is 0 Å². The van der Waals surface area contributed by atoms with E-state index in [-0.39, 0.29) is 17.4 Å². The standard InChI is InChI=1S/C11H15N5O3/c12-10(14-17)8-3-6-15(7-4-8)11-9(16(18)19)2-1-5-13-11/h1-2,5,8,17H,3-4,6-7H2,(H2,12,14)/p+1. The number of aromatic amines is 1. The average Bonchev–Trinajstić information content (AvgIpc) is 2.46. The van der Waals surface area contributed by atoms with E-state index in [0.717, 1.165) is 0 Å². The van der Waals surface area contributed by atoms with Crippen molar-refractivity contribution in [2.24, 2.45) is 16.8 Å². The number of aromatic nitrogens is 1. The Morgan fingerprint density at radius 2 is 2.26 bits per heavy atom. The second kappa shape index (κ2) is 5.51. The first-order valence-electron chi connectivity index (χ1n) is 6.01. The molecule has 8 nitrogen and oxygen atoms in total. The molecule has 0 atom stereocenters. The highest BCUT2D eigenvalue weighted by molar-refractivity contribution is 5.82. The first-order chi connectivity index (χ1) is 9.13. The van der Waals surface area contributed by atoms with Gasteiger partial charge in [0.2, 0.25) is 0 Å². The number of hydrogen-bond donors (Lipinski definition) is 2. The fourth-order valence-corrected chi connectivity index (χ4v) is 2.30. The molecule has 1 saturated heterocycles. The number of hydrogen-bond acceptors (Lipinski definition) is 5. The Labute approximate surface area is 109 Å². The van der Waals surface area contributed by atoms with Crippen molar-refractivity contribution >= 4 is 17.3 Å². The minimum Gasteiger partial charge on any atom is -0.409 e. The molecule has 0 radical (unpaired) electrons. The molecule has 0 aliphatic carbocycles. The number of oxime groups is 1. The Balaban J connectivity index is 2.12.